The third-order valence-electron chi connectivity index (χ3n) is 1.79. The first-order chi connectivity index (χ1) is 6.22. The molecule has 0 radical (unpaired) electrons. The zero-order valence-electron chi connectivity index (χ0n) is 7.68. The van der Waals surface area contributed by atoms with Gasteiger partial charge in [0.05, 0.1) is 10.8 Å². The van der Waals surface area contributed by atoms with Crippen LogP contribution in [0, 0.1) is 0 Å². The highest BCUT2D eigenvalue weighted by molar-refractivity contribution is 7.16. The number of nitrogens with zero attached hydrogens (tertiary/aromatic N) is 2. The van der Waals surface area contributed by atoms with Crippen LogP contribution < -0.4 is 4.90 Å². The molecule has 0 amide bonds. The minimum atomic E-state index is 0.442. The Hall–Kier alpha value is 0.01000. The Labute approximate surface area is 92.5 Å². The Bertz CT molecular complexity index is 271. The van der Waals surface area contributed by atoms with Gasteiger partial charge in [-0.15, -0.1) is 11.6 Å². The number of hydrogen-bond donors (Lipinski definition) is 0. The molecular weight excluding hydrogens is 227 g/mol. The SMILES string of the molecule is CCN(CC)c1nc(Cl)c(CCl)s1. The van der Waals surface area contributed by atoms with Crippen LogP contribution in [0.1, 0.15) is 18.7 Å². The first-order valence-electron chi connectivity index (χ1n) is 4.19. The Kier molecular flexibility index (Phi) is 4.29. The van der Waals surface area contributed by atoms with Crippen molar-refractivity contribution in [1.29, 1.82) is 0 Å². The summed E-state index contributed by atoms with van der Waals surface area (Å²) in [6.07, 6.45) is 0. The zero-order chi connectivity index (χ0) is 9.84. The molecule has 0 spiro atoms. The fourth-order valence-corrected chi connectivity index (χ4v) is 2.63. The predicted molar refractivity (Wildman–Crippen MR) is 60.2 cm³/mol. The molecule has 0 atom stereocenters. The van der Waals surface area contributed by atoms with Crippen molar-refractivity contribution in [3.8, 4) is 0 Å². The van der Waals surface area contributed by atoms with Gasteiger partial charge in [-0.1, -0.05) is 22.9 Å². The normalized spacial score (nSPS) is 10.5. The average Bonchev–Trinajstić information content (AvgIpc) is 2.49. The largest absolute Gasteiger partial charge is 0.349 e. The summed E-state index contributed by atoms with van der Waals surface area (Å²) in [6.45, 7) is 6.09. The lowest BCUT2D eigenvalue weighted by atomic mass is 10.6. The van der Waals surface area contributed by atoms with Gasteiger partial charge in [0, 0.05) is 13.1 Å². The molecule has 0 bridgehead atoms. The summed E-state index contributed by atoms with van der Waals surface area (Å²) in [7, 11) is 0. The van der Waals surface area contributed by atoms with Gasteiger partial charge in [0.25, 0.3) is 0 Å². The molecule has 1 aromatic rings. The van der Waals surface area contributed by atoms with Crippen LogP contribution in [0.3, 0.4) is 0 Å². The summed E-state index contributed by atoms with van der Waals surface area (Å²) in [5.41, 5.74) is 0. The van der Waals surface area contributed by atoms with Gasteiger partial charge in [-0.05, 0) is 13.8 Å². The summed E-state index contributed by atoms with van der Waals surface area (Å²) in [6, 6.07) is 0. The molecular formula is C8H12Cl2N2S. The van der Waals surface area contributed by atoms with E-state index in [0.29, 0.717) is 11.0 Å². The Morgan fingerprint density at radius 1 is 1.38 bits per heavy atom. The molecule has 0 aliphatic carbocycles. The van der Waals surface area contributed by atoms with E-state index in [-0.39, 0.29) is 0 Å². The van der Waals surface area contributed by atoms with Gasteiger partial charge in [-0.2, -0.15) is 0 Å². The molecule has 0 aliphatic heterocycles. The van der Waals surface area contributed by atoms with E-state index in [1.807, 2.05) is 0 Å². The highest BCUT2D eigenvalue weighted by Gasteiger charge is 2.11. The van der Waals surface area contributed by atoms with Crippen LogP contribution in [0.2, 0.25) is 5.15 Å². The number of rotatable bonds is 4. The monoisotopic (exact) mass is 238 g/mol. The number of aromatic nitrogens is 1. The molecule has 0 unspecified atom stereocenters. The van der Waals surface area contributed by atoms with E-state index in [1.165, 1.54) is 0 Å². The maximum Gasteiger partial charge on any atom is 0.187 e. The van der Waals surface area contributed by atoms with Crippen LogP contribution in [-0.4, -0.2) is 18.1 Å². The Morgan fingerprint density at radius 2 is 2.00 bits per heavy atom. The lowest BCUT2D eigenvalue weighted by Crippen LogP contribution is -2.21. The average molecular weight is 239 g/mol. The molecule has 0 N–H and O–H groups in total. The first kappa shape index (κ1) is 11.1. The molecule has 5 heteroatoms. The van der Waals surface area contributed by atoms with Crippen LogP contribution in [0.25, 0.3) is 0 Å². The molecule has 0 aromatic carbocycles. The standard InChI is InChI=1S/C8H12Cl2N2S/c1-3-12(4-2)8-11-7(10)6(5-9)13-8/h3-5H2,1-2H3. The molecule has 13 heavy (non-hydrogen) atoms. The van der Waals surface area contributed by atoms with E-state index < -0.39 is 0 Å². The molecule has 0 saturated carbocycles. The van der Waals surface area contributed by atoms with Crippen molar-refractivity contribution in [1.82, 2.24) is 4.98 Å². The minimum Gasteiger partial charge on any atom is -0.349 e. The molecule has 0 aliphatic rings. The molecule has 1 heterocycles. The van der Waals surface area contributed by atoms with Crippen LogP contribution in [0.15, 0.2) is 0 Å². The van der Waals surface area contributed by atoms with Gasteiger partial charge in [-0.3, -0.25) is 0 Å². The number of thiazole rings is 1. The van der Waals surface area contributed by atoms with Crippen molar-refractivity contribution >= 4 is 39.7 Å². The van der Waals surface area contributed by atoms with Crippen LogP contribution in [0.4, 0.5) is 5.13 Å². The summed E-state index contributed by atoms with van der Waals surface area (Å²) in [4.78, 5) is 7.36. The van der Waals surface area contributed by atoms with Crippen molar-refractivity contribution in [2.24, 2.45) is 0 Å². The third-order valence-corrected chi connectivity index (χ3v) is 3.76. The fraction of sp³-hybridized carbons (Fsp3) is 0.625. The van der Waals surface area contributed by atoms with E-state index in [9.17, 15) is 0 Å². The van der Waals surface area contributed by atoms with Crippen molar-refractivity contribution in [3.05, 3.63) is 10.0 Å². The van der Waals surface area contributed by atoms with E-state index in [1.54, 1.807) is 11.3 Å². The van der Waals surface area contributed by atoms with E-state index in [0.717, 1.165) is 23.1 Å². The maximum atomic E-state index is 5.89. The summed E-state index contributed by atoms with van der Waals surface area (Å²) >= 11 is 13.2. The van der Waals surface area contributed by atoms with Gasteiger partial charge < -0.3 is 4.90 Å². The second-order valence-electron chi connectivity index (χ2n) is 2.52. The predicted octanol–water partition coefficient (Wildman–Crippen LogP) is 3.38. The van der Waals surface area contributed by atoms with Gasteiger partial charge in [0.1, 0.15) is 5.15 Å². The molecule has 74 valence electrons. The number of halogens is 2. The van der Waals surface area contributed by atoms with Crippen LogP contribution in [0.5, 0.6) is 0 Å². The highest BCUT2D eigenvalue weighted by atomic mass is 35.5. The molecule has 1 aromatic heterocycles. The summed E-state index contributed by atoms with van der Waals surface area (Å²) in [5, 5.41) is 1.51. The topological polar surface area (TPSA) is 16.1 Å². The summed E-state index contributed by atoms with van der Waals surface area (Å²) < 4.78 is 0. The van der Waals surface area contributed by atoms with Gasteiger partial charge >= 0.3 is 0 Å². The molecule has 1 rings (SSSR count). The Morgan fingerprint density at radius 3 is 2.38 bits per heavy atom. The summed E-state index contributed by atoms with van der Waals surface area (Å²) in [5.74, 6) is 0.442. The number of alkyl halides is 1. The quantitative estimate of drug-likeness (QED) is 0.749. The van der Waals surface area contributed by atoms with Gasteiger partial charge in [0.15, 0.2) is 5.13 Å². The van der Waals surface area contributed by atoms with Crippen LogP contribution in [-0.2, 0) is 5.88 Å². The van der Waals surface area contributed by atoms with Crippen LogP contribution >= 0.6 is 34.5 Å². The highest BCUT2D eigenvalue weighted by Crippen LogP contribution is 2.30. The van der Waals surface area contributed by atoms with Crippen molar-refractivity contribution < 1.29 is 0 Å². The molecule has 0 fully saturated rings. The number of hydrogen-bond acceptors (Lipinski definition) is 3. The third kappa shape index (κ3) is 2.48. The fourth-order valence-electron chi connectivity index (χ4n) is 1.03. The zero-order valence-corrected chi connectivity index (χ0v) is 10.0. The van der Waals surface area contributed by atoms with Crippen molar-refractivity contribution in [3.63, 3.8) is 0 Å². The second kappa shape index (κ2) is 5.03. The maximum absolute atomic E-state index is 5.89. The second-order valence-corrected chi connectivity index (χ2v) is 4.20. The van der Waals surface area contributed by atoms with Crippen molar-refractivity contribution in [2.75, 3.05) is 18.0 Å². The van der Waals surface area contributed by atoms with Gasteiger partial charge in [-0.25, -0.2) is 4.98 Å². The minimum absolute atomic E-state index is 0.442. The smallest absolute Gasteiger partial charge is 0.187 e. The van der Waals surface area contributed by atoms with E-state index in [2.05, 4.69) is 23.7 Å². The lowest BCUT2D eigenvalue weighted by Gasteiger charge is -2.16. The lowest BCUT2D eigenvalue weighted by molar-refractivity contribution is 0.860. The van der Waals surface area contributed by atoms with E-state index >= 15 is 0 Å². The molecule has 2 nitrogen and oxygen atoms in total. The van der Waals surface area contributed by atoms with E-state index in [4.69, 9.17) is 23.2 Å². The number of anilines is 1. The van der Waals surface area contributed by atoms with Crippen molar-refractivity contribution in [2.45, 2.75) is 19.7 Å². The Balaban J connectivity index is 2.88. The first-order valence-corrected chi connectivity index (χ1v) is 5.91. The van der Waals surface area contributed by atoms with Gasteiger partial charge in [0.2, 0.25) is 0 Å². The molecule has 0 saturated heterocycles.